The molecule has 0 radical (unpaired) electrons. The molecule has 0 aromatic heterocycles. The summed E-state index contributed by atoms with van der Waals surface area (Å²) in [5.74, 6) is -3.18. The number of primary amides is 1. The molecule has 7 N–H and O–H groups in total. The fraction of sp³-hybridized carbons (Fsp3) is 0.800. The highest BCUT2D eigenvalue weighted by atomic mass is 32.2. The average Bonchev–Trinajstić information content (AvgIpc) is 2.64. The van der Waals surface area contributed by atoms with Crippen molar-refractivity contribution >= 4 is 33.7 Å². The van der Waals surface area contributed by atoms with E-state index >= 15 is 0 Å². The zero-order chi connectivity index (χ0) is 25.9. The molecule has 0 aromatic rings. The summed E-state index contributed by atoms with van der Waals surface area (Å²) >= 11 is 0. The molecular formula is C20H39N5O7S. The number of nitrogens with one attached hydrogen (secondary N) is 4. The first-order valence-electron chi connectivity index (χ1n) is 10.9. The Kier molecular flexibility index (Phi) is 13.1. The van der Waals surface area contributed by atoms with Gasteiger partial charge in [-0.25, -0.2) is 4.79 Å². The van der Waals surface area contributed by atoms with Crippen LogP contribution in [0.25, 0.3) is 0 Å². The third-order valence-corrected chi connectivity index (χ3v) is 5.43. The fourth-order valence-corrected chi connectivity index (χ4v) is 3.74. The molecule has 0 saturated carbocycles. The van der Waals surface area contributed by atoms with Gasteiger partial charge in [-0.05, 0) is 18.8 Å². The summed E-state index contributed by atoms with van der Waals surface area (Å²) in [6.45, 7) is 10.4. The molecule has 0 rings (SSSR count). The summed E-state index contributed by atoms with van der Waals surface area (Å²) < 4.78 is 31.8. The lowest BCUT2D eigenvalue weighted by molar-refractivity contribution is -0.133. The Labute approximate surface area is 195 Å². The van der Waals surface area contributed by atoms with E-state index in [-0.39, 0.29) is 36.6 Å². The van der Waals surface area contributed by atoms with E-state index in [0.29, 0.717) is 6.42 Å². The van der Waals surface area contributed by atoms with Crippen molar-refractivity contribution in [3.8, 4) is 0 Å². The normalized spacial score (nSPS) is 14.6. The van der Waals surface area contributed by atoms with Crippen molar-refractivity contribution in [3.63, 3.8) is 0 Å². The summed E-state index contributed by atoms with van der Waals surface area (Å²) in [5.41, 5.74) is 5.02. The second-order valence-corrected chi connectivity index (χ2v) is 10.4. The van der Waals surface area contributed by atoms with Gasteiger partial charge in [-0.15, -0.1) is 0 Å². The molecule has 0 heterocycles. The number of hydrogen-bond acceptors (Lipinski definition) is 7. The van der Waals surface area contributed by atoms with Crippen molar-refractivity contribution < 1.29 is 32.1 Å². The molecule has 3 atom stereocenters. The Bertz CT molecular complexity index is 784. The number of urea groups is 1. The molecule has 4 amide bonds. The fourth-order valence-electron chi connectivity index (χ4n) is 3.07. The van der Waals surface area contributed by atoms with Gasteiger partial charge in [-0.3, -0.25) is 18.9 Å². The molecule has 0 saturated heterocycles. The molecule has 0 bridgehead atoms. The molecule has 33 heavy (non-hydrogen) atoms. The molecule has 0 aromatic carbocycles. The monoisotopic (exact) mass is 493 g/mol. The van der Waals surface area contributed by atoms with Gasteiger partial charge in [0.15, 0.2) is 5.78 Å². The number of carbonyl (C=O) groups excluding carboxylic acids is 4. The van der Waals surface area contributed by atoms with Gasteiger partial charge in [-0.2, -0.15) is 8.42 Å². The number of hydrogen-bond donors (Lipinski definition) is 6. The largest absolute Gasteiger partial charge is 0.352 e. The number of nitrogens with two attached hydrogens (primary N) is 1. The van der Waals surface area contributed by atoms with Crippen LogP contribution in [0.2, 0.25) is 0 Å². The second kappa shape index (κ2) is 14.1. The van der Waals surface area contributed by atoms with E-state index in [1.54, 1.807) is 41.5 Å². The molecule has 3 unspecified atom stereocenters. The summed E-state index contributed by atoms with van der Waals surface area (Å²) in [4.78, 5) is 49.1. The van der Waals surface area contributed by atoms with E-state index in [1.807, 2.05) is 0 Å². The summed E-state index contributed by atoms with van der Waals surface area (Å²) in [6.07, 6.45) is 0.641. The average molecular weight is 494 g/mol. The van der Waals surface area contributed by atoms with E-state index in [0.717, 1.165) is 0 Å². The third-order valence-electron chi connectivity index (χ3n) is 4.67. The lowest BCUT2D eigenvalue weighted by Crippen LogP contribution is -2.58. The predicted molar refractivity (Wildman–Crippen MR) is 124 cm³/mol. The molecule has 12 nitrogen and oxygen atoms in total. The van der Waals surface area contributed by atoms with Crippen LogP contribution in [0, 0.1) is 11.8 Å². The number of ketones is 1. The van der Waals surface area contributed by atoms with Crippen LogP contribution in [0.1, 0.15) is 54.4 Å². The van der Waals surface area contributed by atoms with E-state index in [2.05, 4.69) is 21.3 Å². The van der Waals surface area contributed by atoms with Gasteiger partial charge in [0.25, 0.3) is 10.1 Å². The van der Waals surface area contributed by atoms with Crippen molar-refractivity contribution in [1.29, 1.82) is 0 Å². The summed E-state index contributed by atoms with van der Waals surface area (Å²) in [5, 5.41) is 10.4. The Hall–Kier alpha value is -2.25. The Balaban J connectivity index is 5.46. The minimum absolute atomic E-state index is 0.206. The zero-order valence-electron chi connectivity index (χ0n) is 20.2. The first-order valence-corrected chi connectivity index (χ1v) is 12.5. The molecular weight excluding hydrogens is 454 g/mol. The van der Waals surface area contributed by atoms with Gasteiger partial charge >= 0.3 is 6.03 Å². The zero-order valence-corrected chi connectivity index (χ0v) is 21.0. The summed E-state index contributed by atoms with van der Waals surface area (Å²) in [6, 6.07) is -4.13. The molecule has 0 aliphatic heterocycles. The second-order valence-electron chi connectivity index (χ2n) is 8.90. The number of amides is 4. The Morgan fingerprint density at radius 2 is 1.48 bits per heavy atom. The molecule has 0 aliphatic rings. The quantitative estimate of drug-likeness (QED) is 0.130. The maximum atomic E-state index is 13.0. The SMILES string of the molecule is CC(C)NC(CS(=O)(=O)O)C(=O)NC(C(=O)NC(CCCNC(N)=O)C(=O)C(C)C)C(C)C. The van der Waals surface area contributed by atoms with Crippen molar-refractivity contribution in [1.82, 2.24) is 21.3 Å². The van der Waals surface area contributed by atoms with Gasteiger partial charge in [0.1, 0.15) is 12.1 Å². The highest BCUT2D eigenvalue weighted by Gasteiger charge is 2.32. The van der Waals surface area contributed by atoms with E-state index < -0.39 is 51.8 Å². The molecule has 0 fully saturated rings. The van der Waals surface area contributed by atoms with E-state index in [9.17, 15) is 32.1 Å². The van der Waals surface area contributed by atoms with Crippen molar-refractivity contribution in [2.45, 2.75) is 78.6 Å². The Morgan fingerprint density at radius 3 is 1.91 bits per heavy atom. The highest BCUT2D eigenvalue weighted by molar-refractivity contribution is 7.85. The number of rotatable bonds is 15. The van der Waals surface area contributed by atoms with Crippen LogP contribution in [0.5, 0.6) is 0 Å². The van der Waals surface area contributed by atoms with Gasteiger partial charge in [-0.1, -0.05) is 41.5 Å². The molecule has 13 heteroatoms. The van der Waals surface area contributed by atoms with Crippen LogP contribution in [-0.2, 0) is 24.5 Å². The van der Waals surface area contributed by atoms with Crippen LogP contribution in [0.4, 0.5) is 4.79 Å². The van der Waals surface area contributed by atoms with Gasteiger partial charge in [0.05, 0.1) is 11.8 Å². The Morgan fingerprint density at radius 1 is 0.909 bits per heavy atom. The first kappa shape index (κ1) is 30.8. The van der Waals surface area contributed by atoms with Crippen molar-refractivity contribution in [2.75, 3.05) is 12.3 Å². The molecule has 0 spiro atoms. The van der Waals surface area contributed by atoms with Gasteiger partial charge in [0, 0.05) is 18.5 Å². The van der Waals surface area contributed by atoms with Crippen LogP contribution in [0.3, 0.4) is 0 Å². The van der Waals surface area contributed by atoms with Gasteiger partial charge < -0.3 is 27.0 Å². The topological polar surface area (TPSA) is 197 Å². The van der Waals surface area contributed by atoms with Crippen LogP contribution in [0.15, 0.2) is 0 Å². The highest BCUT2D eigenvalue weighted by Crippen LogP contribution is 2.09. The number of Topliss-reactive ketones (excluding diaryl/α,β-unsaturated/α-hetero) is 1. The molecule has 192 valence electrons. The van der Waals surface area contributed by atoms with Crippen molar-refractivity contribution in [3.05, 3.63) is 0 Å². The van der Waals surface area contributed by atoms with E-state index in [4.69, 9.17) is 5.73 Å². The minimum atomic E-state index is -4.46. The van der Waals surface area contributed by atoms with E-state index in [1.165, 1.54) is 0 Å². The third kappa shape index (κ3) is 13.1. The lowest BCUT2D eigenvalue weighted by atomic mass is 9.96. The van der Waals surface area contributed by atoms with Crippen LogP contribution in [-0.4, -0.2) is 73.1 Å². The van der Waals surface area contributed by atoms with Gasteiger partial charge in [0.2, 0.25) is 11.8 Å². The maximum Gasteiger partial charge on any atom is 0.312 e. The van der Waals surface area contributed by atoms with Crippen LogP contribution < -0.4 is 27.0 Å². The standard InChI is InChI=1S/C20H39N5O7S/c1-11(2)16(25-18(27)15(23-13(5)6)10-33(30,31)32)19(28)24-14(17(26)12(3)4)8-7-9-22-20(21)29/h11-16,23H,7-10H2,1-6H3,(H,24,28)(H,25,27)(H3,21,22,29)(H,30,31,32). The van der Waals surface area contributed by atoms with Crippen molar-refractivity contribution in [2.24, 2.45) is 17.6 Å². The molecule has 0 aliphatic carbocycles. The number of carbonyl (C=O) groups is 4. The maximum absolute atomic E-state index is 13.0. The van der Waals surface area contributed by atoms with Crippen LogP contribution >= 0.6 is 0 Å². The summed E-state index contributed by atoms with van der Waals surface area (Å²) in [7, 11) is -4.46. The first-order chi connectivity index (χ1) is 15.0. The lowest BCUT2D eigenvalue weighted by Gasteiger charge is -2.28. The predicted octanol–water partition coefficient (Wildman–Crippen LogP) is -0.460. The minimum Gasteiger partial charge on any atom is -0.352 e. The smallest absolute Gasteiger partial charge is 0.312 e.